The molecule has 1 heterocycles. The Kier molecular flexibility index (Phi) is 11.3. The van der Waals surface area contributed by atoms with E-state index in [1.54, 1.807) is 6.07 Å². The fourth-order valence-corrected chi connectivity index (χ4v) is 3.69. The van der Waals surface area contributed by atoms with Gasteiger partial charge in [-0.05, 0) is 56.2 Å². The van der Waals surface area contributed by atoms with E-state index in [4.69, 9.17) is 15.9 Å². The predicted molar refractivity (Wildman–Crippen MR) is 137 cm³/mol. The van der Waals surface area contributed by atoms with Crippen molar-refractivity contribution >= 4 is 23.4 Å². The summed E-state index contributed by atoms with van der Waals surface area (Å²) in [5.74, 6) is 0.712. The Morgan fingerprint density at radius 2 is 1.94 bits per heavy atom. The number of phenols is 1. The molecule has 0 fully saturated rings. The van der Waals surface area contributed by atoms with E-state index in [1.807, 2.05) is 19.1 Å². The van der Waals surface area contributed by atoms with E-state index in [0.717, 1.165) is 74.0 Å². The van der Waals surface area contributed by atoms with Crippen molar-refractivity contribution in [3.8, 4) is 5.75 Å². The lowest BCUT2D eigenvalue weighted by Crippen LogP contribution is -2.11. The maximum atomic E-state index is 12.2. The number of ether oxygens (including phenoxy) is 1. The minimum atomic E-state index is -0.319. The Labute approximate surface area is 202 Å². The third kappa shape index (κ3) is 9.00. The Morgan fingerprint density at radius 3 is 2.65 bits per heavy atom. The molecule has 0 aliphatic rings. The number of carbonyl (C=O) groups is 1. The molecule has 0 saturated carbocycles. The van der Waals surface area contributed by atoms with Gasteiger partial charge in [0, 0.05) is 29.9 Å². The molecule has 1 aromatic heterocycles. The number of nitrogen functional groups attached to an aromatic ring is 1. The molecule has 8 nitrogen and oxygen atoms in total. The Morgan fingerprint density at radius 1 is 1.15 bits per heavy atom. The number of anilines is 2. The summed E-state index contributed by atoms with van der Waals surface area (Å²) in [6.45, 7) is 7.21. The fourth-order valence-electron chi connectivity index (χ4n) is 3.69. The third-order valence-electron chi connectivity index (χ3n) is 5.61. The van der Waals surface area contributed by atoms with Crippen LogP contribution >= 0.6 is 0 Å². The molecule has 2 aromatic rings. The molecule has 0 atom stereocenters. The second kappa shape index (κ2) is 14.2. The Hall–Kier alpha value is -3.16. The Bertz CT molecular complexity index is 962. The lowest BCUT2D eigenvalue weighted by Gasteiger charge is -2.15. The molecular formula is C26H39N5O3. The van der Waals surface area contributed by atoms with E-state index >= 15 is 0 Å². The van der Waals surface area contributed by atoms with Crippen LogP contribution < -0.4 is 11.1 Å². The van der Waals surface area contributed by atoms with E-state index in [1.165, 1.54) is 0 Å². The van der Waals surface area contributed by atoms with Gasteiger partial charge in [0.2, 0.25) is 5.95 Å². The van der Waals surface area contributed by atoms with Crippen LogP contribution in [0.3, 0.4) is 0 Å². The number of rotatable bonds is 15. The van der Waals surface area contributed by atoms with Crippen molar-refractivity contribution in [1.29, 1.82) is 5.41 Å². The number of aromatic hydroxyl groups is 1. The van der Waals surface area contributed by atoms with Crippen LogP contribution in [-0.2, 0) is 22.4 Å². The normalized spacial score (nSPS) is 10.8. The van der Waals surface area contributed by atoms with E-state index in [0.29, 0.717) is 24.4 Å². The first-order chi connectivity index (χ1) is 16.3. The average molecular weight is 470 g/mol. The number of hydrogen-bond acceptors (Lipinski definition) is 8. The zero-order chi connectivity index (χ0) is 24.9. The van der Waals surface area contributed by atoms with E-state index in [9.17, 15) is 9.90 Å². The summed E-state index contributed by atoms with van der Waals surface area (Å²) >= 11 is 0. The highest BCUT2D eigenvalue weighted by Crippen LogP contribution is 2.27. The van der Waals surface area contributed by atoms with Gasteiger partial charge in [-0.1, -0.05) is 38.8 Å². The molecule has 0 radical (unpaired) electrons. The van der Waals surface area contributed by atoms with Crippen LogP contribution in [0.1, 0.15) is 81.2 Å². The highest BCUT2D eigenvalue weighted by Gasteiger charge is 2.14. The SMILES string of the molecule is CCCCNc1nc(N)nc(C)c1Cc1ccc(CC(=O)OCCCCC(=N)CCC)cc1O. The molecule has 0 aliphatic carbocycles. The molecule has 8 heteroatoms. The third-order valence-corrected chi connectivity index (χ3v) is 5.61. The molecule has 0 saturated heterocycles. The van der Waals surface area contributed by atoms with Gasteiger partial charge in [-0.3, -0.25) is 4.79 Å². The summed E-state index contributed by atoms with van der Waals surface area (Å²) in [5.41, 5.74) is 9.67. The highest BCUT2D eigenvalue weighted by atomic mass is 16.5. The summed E-state index contributed by atoms with van der Waals surface area (Å²) in [6, 6.07) is 5.27. The van der Waals surface area contributed by atoms with Crippen molar-refractivity contribution in [2.75, 3.05) is 24.2 Å². The van der Waals surface area contributed by atoms with Crippen LogP contribution in [0.4, 0.5) is 11.8 Å². The van der Waals surface area contributed by atoms with Gasteiger partial charge in [0.25, 0.3) is 0 Å². The largest absolute Gasteiger partial charge is 0.508 e. The van der Waals surface area contributed by atoms with Crippen LogP contribution in [0.2, 0.25) is 0 Å². The van der Waals surface area contributed by atoms with Crippen LogP contribution in [0.25, 0.3) is 0 Å². The van der Waals surface area contributed by atoms with Gasteiger partial charge in [0.05, 0.1) is 13.0 Å². The van der Waals surface area contributed by atoms with Crippen LogP contribution in [0.15, 0.2) is 18.2 Å². The van der Waals surface area contributed by atoms with E-state index in [2.05, 4.69) is 29.1 Å². The number of hydrogen-bond donors (Lipinski definition) is 4. The number of unbranched alkanes of at least 4 members (excludes halogenated alkanes) is 2. The number of esters is 1. The summed E-state index contributed by atoms with van der Waals surface area (Å²) in [7, 11) is 0. The standard InChI is InChI=1S/C26H39N5O3/c1-4-6-13-29-25-22(18(3)30-26(28)31-25)17-20-12-11-19(15-23(20)32)16-24(33)34-14-8-7-10-21(27)9-5-2/h11-12,15,27,32H,4-10,13-14,16-17H2,1-3H3,(H3,28,29,30,31). The van der Waals surface area contributed by atoms with Gasteiger partial charge in [-0.15, -0.1) is 0 Å². The fraction of sp³-hybridized carbons (Fsp3) is 0.538. The molecule has 34 heavy (non-hydrogen) atoms. The zero-order valence-corrected chi connectivity index (χ0v) is 20.7. The lowest BCUT2D eigenvalue weighted by molar-refractivity contribution is -0.142. The number of benzene rings is 1. The molecule has 0 amide bonds. The van der Waals surface area contributed by atoms with Crippen LogP contribution in [-0.4, -0.2) is 39.9 Å². The number of nitrogens with two attached hydrogens (primary N) is 1. The monoisotopic (exact) mass is 469 g/mol. The van der Waals surface area contributed by atoms with Gasteiger partial charge in [0.15, 0.2) is 0 Å². The van der Waals surface area contributed by atoms with Gasteiger partial charge >= 0.3 is 5.97 Å². The maximum absolute atomic E-state index is 12.2. The molecule has 0 aliphatic heterocycles. The molecule has 1 aromatic carbocycles. The molecule has 186 valence electrons. The number of carbonyl (C=O) groups excluding carboxylic acids is 1. The quantitative estimate of drug-likeness (QED) is 0.165. The average Bonchev–Trinajstić information content (AvgIpc) is 2.77. The van der Waals surface area contributed by atoms with Gasteiger partial charge in [0.1, 0.15) is 11.6 Å². The molecule has 0 bridgehead atoms. The van der Waals surface area contributed by atoms with Crippen molar-refractivity contribution in [2.45, 2.75) is 78.6 Å². The topological polar surface area (TPSA) is 134 Å². The number of phenolic OH excluding ortho intramolecular Hbond substituents is 1. The van der Waals surface area contributed by atoms with Crippen molar-refractivity contribution in [2.24, 2.45) is 0 Å². The summed E-state index contributed by atoms with van der Waals surface area (Å²) in [5, 5.41) is 21.7. The molecular weight excluding hydrogens is 430 g/mol. The molecule has 0 unspecified atom stereocenters. The molecule has 2 rings (SSSR count). The lowest BCUT2D eigenvalue weighted by atomic mass is 10.0. The Balaban J connectivity index is 1.93. The van der Waals surface area contributed by atoms with Crippen molar-refractivity contribution < 1.29 is 14.6 Å². The van der Waals surface area contributed by atoms with E-state index in [-0.39, 0.29) is 24.1 Å². The number of nitrogens with zero attached hydrogens (tertiary/aromatic N) is 2. The predicted octanol–water partition coefficient (Wildman–Crippen LogP) is 4.95. The highest BCUT2D eigenvalue weighted by molar-refractivity contribution is 5.81. The van der Waals surface area contributed by atoms with Gasteiger partial charge < -0.3 is 26.3 Å². The molecule has 5 N–H and O–H groups in total. The summed E-state index contributed by atoms with van der Waals surface area (Å²) in [6.07, 6.45) is 6.82. The van der Waals surface area contributed by atoms with Gasteiger partial charge in [-0.25, -0.2) is 4.98 Å². The summed E-state index contributed by atoms with van der Waals surface area (Å²) in [4.78, 5) is 20.8. The number of nitrogens with one attached hydrogen (secondary N) is 2. The van der Waals surface area contributed by atoms with Crippen LogP contribution in [0, 0.1) is 12.3 Å². The minimum Gasteiger partial charge on any atom is -0.508 e. The zero-order valence-electron chi connectivity index (χ0n) is 20.7. The first kappa shape index (κ1) is 27.1. The molecule has 0 spiro atoms. The van der Waals surface area contributed by atoms with Crippen molar-refractivity contribution in [1.82, 2.24) is 9.97 Å². The van der Waals surface area contributed by atoms with E-state index < -0.39 is 0 Å². The summed E-state index contributed by atoms with van der Waals surface area (Å²) < 4.78 is 5.32. The second-order valence-electron chi connectivity index (χ2n) is 8.62. The number of aryl methyl sites for hydroxylation is 1. The number of aromatic nitrogens is 2. The van der Waals surface area contributed by atoms with Crippen molar-refractivity contribution in [3.05, 3.63) is 40.6 Å². The smallest absolute Gasteiger partial charge is 0.310 e. The maximum Gasteiger partial charge on any atom is 0.310 e. The van der Waals surface area contributed by atoms with Crippen LogP contribution in [0.5, 0.6) is 5.75 Å². The van der Waals surface area contributed by atoms with Gasteiger partial charge in [-0.2, -0.15) is 4.98 Å². The minimum absolute atomic E-state index is 0.104. The first-order valence-corrected chi connectivity index (χ1v) is 12.2. The first-order valence-electron chi connectivity index (χ1n) is 12.2. The van der Waals surface area contributed by atoms with Crippen molar-refractivity contribution in [3.63, 3.8) is 0 Å². The second-order valence-corrected chi connectivity index (χ2v) is 8.62.